The molecule has 84 valence electrons. The van der Waals surface area contributed by atoms with E-state index in [1.54, 1.807) is 0 Å². The molecule has 0 aromatic rings. The third-order valence-corrected chi connectivity index (χ3v) is 2.54. The fraction of sp³-hybridized carbons (Fsp3) is 0.846. The average Bonchev–Trinajstić information content (AvgIpc) is 2.20. The van der Waals surface area contributed by atoms with Crippen LogP contribution in [-0.2, 0) is 0 Å². The van der Waals surface area contributed by atoms with E-state index in [0.29, 0.717) is 0 Å². The molecule has 0 aliphatic heterocycles. The first kappa shape index (κ1) is 13.7. The summed E-state index contributed by atoms with van der Waals surface area (Å²) in [7, 11) is 0. The van der Waals surface area contributed by atoms with Crippen molar-refractivity contribution in [2.45, 2.75) is 52.4 Å². The van der Waals surface area contributed by atoms with E-state index in [2.05, 4.69) is 25.3 Å². The lowest BCUT2D eigenvalue weighted by Gasteiger charge is -2.19. The maximum Gasteiger partial charge on any atom is 0.0160 e. The van der Waals surface area contributed by atoms with Crippen molar-refractivity contribution in [3.8, 4) is 0 Å². The van der Waals surface area contributed by atoms with Gasteiger partial charge in [-0.25, -0.2) is 0 Å². The molecule has 0 spiro atoms. The van der Waals surface area contributed by atoms with E-state index < -0.39 is 0 Å². The molecule has 0 amide bonds. The number of rotatable bonds is 10. The van der Waals surface area contributed by atoms with Crippen LogP contribution in [0.5, 0.6) is 0 Å². The predicted octanol–water partition coefficient (Wildman–Crippen LogP) is 3.85. The normalized spacial score (nSPS) is 10.8. The molecule has 0 aromatic carbocycles. The number of hydrogen-bond donors (Lipinski definition) is 0. The Labute approximate surface area is 90.2 Å². The maximum absolute atomic E-state index is 3.81. The highest BCUT2D eigenvalue weighted by Crippen LogP contribution is 2.02. The van der Waals surface area contributed by atoms with Gasteiger partial charge < -0.3 is 0 Å². The van der Waals surface area contributed by atoms with Gasteiger partial charge in [0.05, 0.1) is 0 Å². The summed E-state index contributed by atoms with van der Waals surface area (Å²) in [6, 6.07) is 0. The number of nitrogens with zero attached hydrogens (tertiary/aromatic N) is 1. The van der Waals surface area contributed by atoms with Crippen molar-refractivity contribution in [2.24, 2.45) is 0 Å². The van der Waals surface area contributed by atoms with Gasteiger partial charge in [-0.15, -0.1) is 6.58 Å². The van der Waals surface area contributed by atoms with Crippen LogP contribution < -0.4 is 0 Å². The third-order valence-electron chi connectivity index (χ3n) is 2.54. The van der Waals surface area contributed by atoms with Crippen molar-refractivity contribution in [1.29, 1.82) is 0 Å². The average molecular weight is 197 g/mol. The molecule has 0 N–H and O–H groups in total. The molecule has 0 saturated carbocycles. The summed E-state index contributed by atoms with van der Waals surface area (Å²) < 4.78 is 0. The molecule has 0 saturated heterocycles. The molecule has 0 radical (unpaired) electrons. The van der Waals surface area contributed by atoms with Crippen LogP contribution in [0.3, 0.4) is 0 Å². The second-order valence-corrected chi connectivity index (χ2v) is 4.00. The standard InChI is InChI=1S/C13H27N/c1-4-7-9-10-13-14(11-6-3)12-8-5-2/h6H,3-5,7-13H2,1-2H3. The van der Waals surface area contributed by atoms with Gasteiger partial charge in [-0.05, 0) is 25.9 Å². The fourth-order valence-electron chi connectivity index (χ4n) is 1.62. The molecule has 1 nitrogen and oxygen atoms in total. The first-order chi connectivity index (χ1) is 6.85. The van der Waals surface area contributed by atoms with Crippen molar-refractivity contribution in [1.82, 2.24) is 4.90 Å². The van der Waals surface area contributed by atoms with Crippen LogP contribution in [0.2, 0.25) is 0 Å². The van der Waals surface area contributed by atoms with Crippen molar-refractivity contribution in [2.75, 3.05) is 19.6 Å². The molecular formula is C13H27N. The zero-order valence-electron chi connectivity index (χ0n) is 10.1. The molecule has 0 aliphatic carbocycles. The summed E-state index contributed by atoms with van der Waals surface area (Å²) in [5, 5.41) is 0. The summed E-state index contributed by atoms with van der Waals surface area (Å²) in [5.41, 5.74) is 0. The van der Waals surface area contributed by atoms with E-state index in [9.17, 15) is 0 Å². The minimum atomic E-state index is 1.06. The molecule has 14 heavy (non-hydrogen) atoms. The summed E-state index contributed by atoms with van der Waals surface area (Å²) in [6.07, 6.45) is 10.1. The minimum absolute atomic E-state index is 1.06. The minimum Gasteiger partial charge on any atom is -0.300 e. The maximum atomic E-state index is 3.81. The highest BCUT2D eigenvalue weighted by atomic mass is 15.1. The Morgan fingerprint density at radius 2 is 1.57 bits per heavy atom. The van der Waals surface area contributed by atoms with Gasteiger partial charge in [0, 0.05) is 6.54 Å². The predicted molar refractivity (Wildman–Crippen MR) is 65.7 cm³/mol. The lowest BCUT2D eigenvalue weighted by atomic mass is 10.2. The van der Waals surface area contributed by atoms with Crippen LogP contribution in [0, 0.1) is 0 Å². The van der Waals surface area contributed by atoms with Crippen molar-refractivity contribution >= 4 is 0 Å². The Bertz CT molecular complexity index is 120. The highest BCUT2D eigenvalue weighted by Gasteiger charge is 2.00. The second kappa shape index (κ2) is 10.8. The van der Waals surface area contributed by atoms with Gasteiger partial charge in [-0.3, -0.25) is 4.90 Å². The van der Waals surface area contributed by atoms with E-state index >= 15 is 0 Å². The quantitative estimate of drug-likeness (QED) is 0.380. The second-order valence-electron chi connectivity index (χ2n) is 4.00. The van der Waals surface area contributed by atoms with E-state index in [-0.39, 0.29) is 0 Å². The van der Waals surface area contributed by atoms with Crippen molar-refractivity contribution < 1.29 is 0 Å². The molecule has 0 atom stereocenters. The van der Waals surface area contributed by atoms with Gasteiger partial charge in [-0.1, -0.05) is 45.6 Å². The molecule has 0 aliphatic rings. The third kappa shape index (κ3) is 8.31. The number of unbranched alkanes of at least 4 members (excludes halogenated alkanes) is 4. The van der Waals surface area contributed by atoms with E-state index in [0.717, 1.165) is 6.54 Å². The molecule has 0 rings (SSSR count). The molecule has 0 aromatic heterocycles. The van der Waals surface area contributed by atoms with Gasteiger partial charge in [0.15, 0.2) is 0 Å². The number of hydrogen-bond acceptors (Lipinski definition) is 1. The fourth-order valence-corrected chi connectivity index (χ4v) is 1.62. The van der Waals surface area contributed by atoms with Crippen LogP contribution in [0.4, 0.5) is 0 Å². The Hall–Kier alpha value is -0.300. The van der Waals surface area contributed by atoms with E-state index in [1.807, 2.05) is 6.08 Å². The molecule has 1 heteroatoms. The Balaban J connectivity index is 3.45. The molecule has 0 unspecified atom stereocenters. The van der Waals surface area contributed by atoms with Crippen LogP contribution in [0.25, 0.3) is 0 Å². The van der Waals surface area contributed by atoms with Gasteiger partial charge in [0.2, 0.25) is 0 Å². The molecule has 0 heterocycles. The molecular weight excluding hydrogens is 170 g/mol. The van der Waals surface area contributed by atoms with Gasteiger partial charge in [-0.2, -0.15) is 0 Å². The van der Waals surface area contributed by atoms with Gasteiger partial charge in [0.1, 0.15) is 0 Å². The van der Waals surface area contributed by atoms with E-state index in [1.165, 1.54) is 51.6 Å². The van der Waals surface area contributed by atoms with Gasteiger partial charge in [0.25, 0.3) is 0 Å². The van der Waals surface area contributed by atoms with Crippen LogP contribution in [-0.4, -0.2) is 24.5 Å². The van der Waals surface area contributed by atoms with Crippen molar-refractivity contribution in [3.63, 3.8) is 0 Å². The summed E-state index contributed by atoms with van der Waals surface area (Å²) in [6.45, 7) is 11.9. The first-order valence-electron chi connectivity index (χ1n) is 6.18. The Kier molecular flexibility index (Phi) is 10.5. The lowest BCUT2D eigenvalue weighted by molar-refractivity contribution is 0.290. The summed E-state index contributed by atoms with van der Waals surface area (Å²) in [4.78, 5) is 2.52. The SMILES string of the molecule is C=CCN(CCCC)CCCCCC. The largest absolute Gasteiger partial charge is 0.300 e. The van der Waals surface area contributed by atoms with Crippen LogP contribution in [0.1, 0.15) is 52.4 Å². The monoisotopic (exact) mass is 197 g/mol. The molecule has 0 fully saturated rings. The Morgan fingerprint density at radius 1 is 0.929 bits per heavy atom. The lowest BCUT2D eigenvalue weighted by Crippen LogP contribution is -2.26. The van der Waals surface area contributed by atoms with E-state index in [4.69, 9.17) is 0 Å². The topological polar surface area (TPSA) is 3.24 Å². The summed E-state index contributed by atoms with van der Waals surface area (Å²) >= 11 is 0. The van der Waals surface area contributed by atoms with Crippen LogP contribution >= 0.6 is 0 Å². The van der Waals surface area contributed by atoms with Crippen LogP contribution in [0.15, 0.2) is 12.7 Å². The summed E-state index contributed by atoms with van der Waals surface area (Å²) in [5.74, 6) is 0. The first-order valence-corrected chi connectivity index (χ1v) is 6.18. The smallest absolute Gasteiger partial charge is 0.0160 e. The zero-order chi connectivity index (χ0) is 10.6. The van der Waals surface area contributed by atoms with Gasteiger partial charge >= 0.3 is 0 Å². The molecule has 0 bridgehead atoms. The van der Waals surface area contributed by atoms with Crippen molar-refractivity contribution in [3.05, 3.63) is 12.7 Å². The Morgan fingerprint density at radius 3 is 2.14 bits per heavy atom. The zero-order valence-corrected chi connectivity index (χ0v) is 10.1. The highest BCUT2D eigenvalue weighted by molar-refractivity contribution is 4.73.